The zero-order chi connectivity index (χ0) is 13.1. The summed E-state index contributed by atoms with van der Waals surface area (Å²) in [5.74, 6) is 0. The molecule has 0 spiro atoms. The number of benzene rings is 1. The first kappa shape index (κ1) is 13.8. The van der Waals surface area contributed by atoms with Crippen LogP contribution in [0, 0.1) is 0 Å². The van der Waals surface area contributed by atoms with Crippen LogP contribution in [-0.2, 0) is 6.42 Å². The average Bonchev–Trinajstić information content (AvgIpc) is 2.32. The summed E-state index contributed by atoms with van der Waals surface area (Å²) in [7, 11) is 2.18. The number of nitrogens with two attached hydrogens (primary N) is 1. The fourth-order valence-electron chi connectivity index (χ4n) is 2.40. The molecule has 0 amide bonds. The molecular formula is C14H22BrN3. The summed E-state index contributed by atoms with van der Waals surface area (Å²) < 4.78 is 1.14. The van der Waals surface area contributed by atoms with Crippen molar-refractivity contribution < 1.29 is 0 Å². The minimum atomic E-state index is 0.206. The molecule has 3 nitrogen and oxygen atoms in total. The Bertz CT molecular complexity index is 398. The number of piperazine rings is 1. The molecular weight excluding hydrogens is 290 g/mol. The molecule has 0 radical (unpaired) electrons. The van der Waals surface area contributed by atoms with E-state index in [1.165, 1.54) is 11.3 Å². The second-order valence-electron chi connectivity index (χ2n) is 5.24. The highest BCUT2D eigenvalue weighted by Crippen LogP contribution is 2.27. The molecule has 1 saturated heterocycles. The lowest BCUT2D eigenvalue weighted by atomic mass is 10.0. The fraction of sp³-hybridized carbons (Fsp3) is 0.571. The Hall–Kier alpha value is -0.580. The van der Waals surface area contributed by atoms with Crippen LogP contribution >= 0.6 is 15.9 Å². The molecule has 1 aliphatic rings. The van der Waals surface area contributed by atoms with Gasteiger partial charge in [0.25, 0.3) is 0 Å². The third kappa shape index (κ3) is 3.46. The van der Waals surface area contributed by atoms with Gasteiger partial charge in [0.15, 0.2) is 0 Å². The predicted molar refractivity (Wildman–Crippen MR) is 81.2 cm³/mol. The number of likely N-dealkylation sites (N-methyl/N-ethyl adjacent to an activating group) is 1. The van der Waals surface area contributed by atoms with Crippen LogP contribution in [0.15, 0.2) is 22.7 Å². The number of anilines is 1. The number of rotatable bonds is 3. The number of nitrogens with zero attached hydrogens (tertiary/aromatic N) is 2. The Morgan fingerprint density at radius 3 is 2.56 bits per heavy atom. The van der Waals surface area contributed by atoms with Crippen molar-refractivity contribution in [2.24, 2.45) is 5.73 Å². The van der Waals surface area contributed by atoms with E-state index in [4.69, 9.17) is 5.73 Å². The van der Waals surface area contributed by atoms with Crippen molar-refractivity contribution in [3.63, 3.8) is 0 Å². The Morgan fingerprint density at radius 1 is 1.28 bits per heavy atom. The summed E-state index contributed by atoms with van der Waals surface area (Å²) >= 11 is 3.57. The Balaban J connectivity index is 2.21. The number of halogens is 1. The molecule has 4 heteroatoms. The highest BCUT2D eigenvalue weighted by Gasteiger charge is 2.17. The summed E-state index contributed by atoms with van der Waals surface area (Å²) in [5, 5.41) is 0. The van der Waals surface area contributed by atoms with Crippen LogP contribution in [0.5, 0.6) is 0 Å². The van der Waals surface area contributed by atoms with Gasteiger partial charge in [0, 0.05) is 42.4 Å². The predicted octanol–water partition coefficient (Wildman–Crippen LogP) is 2.09. The van der Waals surface area contributed by atoms with Crippen molar-refractivity contribution in [1.82, 2.24) is 4.90 Å². The Morgan fingerprint density at radius 2 is 1.94 bits per heavy atom. The van der Waals surface area contributed by atoms with Gasteiger partial charge in [0.05, 0.1) is 0 Å². The van der Waals surface area contributed by atoms with Gasteiger partial charge in [-0.05, 0) is 38.1 Å². The molecule has 0 aromatic heterocycles. The topological polar surface area (TPSA) is 32.5 Å². The van der Waals surface area contributed by atoms with E-state index in [0.29, 0.717) is 0 Å². The molecule has 1 aromatic rings. The van der Waals surface area contributed by atoms with E-state index in [1.807, 2.05) is 0 Å². The zero-order valence-corrected chi connectivity index (χ0v) is 12.8. The third-order valence-corrected chi connectivity index (χ3v) is 3.93. The van der Waals surface area contributed by atoms with E-state index in [1.54, 1.807) is 0 Å². The zero-order valence-electron chi connectivity index (χ0n) is 11.2. The molecule has 100 valence electrons. The third-order valence-electron chi connectivity index (χ3n) is 3.43. The highest BCUT2D eigenvalue weighted by molar-refractivity contribution is 9.10. The van der Waals surface area contributed by atoms with Crippen molar-refractivity contribution in [1.29, 1.82) is 0 Å². The van der Waals surface area contributed by atoms with Crippen LogP contribution in [0.4, 0.5) is 5.69 Å². The molecule has 18 heavy (non-hydrogen) atoms. The second kappa shape index (κ2) is 6.04. The monoisotopic (exact) mass is 311 g/mol. The van der Waals surface area contributed by atoms with E-state index >= 15 is 0 Å². The summed E-state index contributed by atoms with van der Waals surface area (Å²) in [5.41, 5.74) is 8.65. The average molecular weight is 312 g/mol. The van der Waals surface area contributed by atoms with Gasteiger partial charge in [-0.3, -0.25) is 0 Å². The van der Waals surface area contributed by atoms with Gasteiger partial charge in [-0.1, -0.05) is 22.0 Å². The van der Waals surface area contributed by atoms with Gasteiger partial charge in [-0.15, -0.1) is 0 Å². The van der Waals surface area contributed by atoms with E-state index < -0.39 is 0 Å². The maximum atomic E-state index is 5.94. The van der Waals surface area contributed by atoms with Gasteiger partial charge < -0.3 is 15.5 Å². The first-order chi connectivity index (χ1) is 8.56. The molecule has 0 aliphatic carbocycles. The first-order valence-electron chi connectivity index (χ1n) is 6.54. The fourth-order valence-corrected chi connectivity index (χ4v) is 2.75. The molecule has 1 aromatic carbocycles. The van der Waals surface area contributed by atoms with Gasteiger partial charge in [-0.2, -0.15) is 0 Å². The quantitative estimate of drug-likeness (QED) is 0.928. The summed E-state index contributed by atoms with van der Waals surface area (Å²) in [6, 6.07) is 6.74. The van der Waals surface area contributed by atoms with Crippen molar-refractivity contribution >= 4 is 21.6 Å². The van der Waals surface area contributed by atoms with Crippen molar-refractivity contribution in [3.05, 3.63) is 28.2 Å². The molecule has 1 unspecified atom stereocenters. The largest absolute Gasteiger partial charge is 0.369 e. The lowest BCUT2D eigenvalue weighted by Gasteiger charge is -2.35. The summed E-state index contributed by atoms with van der Waals surface area (Å²) in [4.78, 5) is 4.85. The second-order valence-corrected chi connectivity index (χ2v) is 6.16. The lowest BCUT2D eigenvalue weighted by molar-refractivity contribution is 0.312. The summed E-state index contributed by atoms with van der Waals surface area (Å²) in [6.07, 6.45) is 0.939. The molecule has 2 N–H and O–H groups in total. The molecule has 1 fully saturated rings. The normalized spacial score (nSPS) is 19.0. The van der Waals surface area contributed by atoms with Crippen LogP contribution in [0.1, 0.15) is 12.5 Å². The lowest BCUT2D eigenvalue weighted by Crippen LogP contribution is -2.45. The van der Waals surface area contributed by atoms with E-state index in [9.17, 15) is 0 Å². The van der Waals surface area contributed by atoms with Crippen LogP contribution in [0.25, 0.3) is 0 Å². The molecule has 0 bridgehead atoms. The van der Waals surface area contributed by atoms with Gasteiger partial charge in [0.1, 0.15) is 0 Å². The minimum absolute atomic E-state index is 0.206. The molecule has 1 heterocycles. The van der Waals surface area contributed by atoms with Gasteiger partial charge in [0.2, 0.25) is 0 Å². The maximum absolute atomic E-state index is 5.94. The van der Waals surface area contributed by atoms with Crippen LogP contribution < -0.4 is 10.6 Å². The van der Waals surface area contributed by atoms with Crippen LogP contribution in [0.3, 0.4) is 0 Å². The summed E-state index contributed by atoms with van der Waals surface area (Å²) in [6.45, 7) is 6.52. The van der Waals surface area contributed by atoms with Crippen molar-refractivity contribution in [3.8, 4) is 0 Å². The van der Waals surface area contributed by atoms with Crippen molar-refractivity contribution in [2.45, 2.75) is 19.4 Å². The van der Waals surface area contributed by atoms with E-state index in [0.717, 1.165) is 37.1 Å². The molecule has 1 aliphatic heterocycles. The molecule has 0 saturated carbocycles. The molecule has 2 rings (SSSR count). The van der Waals surface area contributed by atoms with Gasteiger partial charge >= 0.3 is 0 Å². The number of hydrogen-bond acceptors (Lipinski definition) is 3. The van der Waals surface area contributed by atoms with Crippen LogP contribution in [0.2, 0.25) is 0 Å². The minimum Gasteiger partial charge on any atom is -0.369 e. The Kier molecular flexibility index (Phi) is 4.65. The van der Waals surface area contributed by atoms with Crippen molar-refractivity contribution in [2.75, 3.05) is 38.1 Å². The Labute approximate surface area is 118 Å². The smallest absolute Gasteiger partial charge is 0.0411 e. The van der Waals surface area contributed by atoms with Gasteiger partial charge in [-0.25, -0.2) is 0 Å². The van der Waals surface area contributed by atoms with E-state index in [2.05, 4.69) is 57.9 Å². The highest BCUT2D eigenvalue weighted by atomic mass is 79.9. The van der Waals surface area contributed by atoms with E-state index in [-0.39, 0.29) is 6.04 Å². The number of hydrogen-bond donors (Lipinski definition) is 1. The standard InChI is InChI=1S/C14H22BrN3/c1-11(16)9-12-3-4-13(15)10-14(12)18-7-5-17(2)6-8-18/h3-4,10-11H,5-9,16H2,1-2H3. The molecule has 1 atom stereocenters. The first-order valence-corrected chi connectivity index (χ1v) is 7.33. The SMILES string of the molecule is CC(N)Cc1ccc(Br)cc1N1CCN(C)CC1. The van der Waals surface area contributed by atoms with Crippen LogP contribution in [-0.4, -0.2) is 44.2 Å². The maximum Gasteiger partial charge on any atom is 0.0411 e.